The second-order valence-electron chi connectivity index (χ2n) is 9.68. The highest BCUT2D eigenvalue weighted by atomic mass is 16.7. The normalized spacial score (nSPS) is 55.0. The number of rotatable bonds is 2. The van der Waals surface area contributed by atoms with Crippen molar-refractivity contribution >= 4 is 11.9 Å². The maximum Gasteiger partial charge on any atom is 0.334 e. The smallest absolute Gasteiger partial charge is 0.334 e. The molecule has 2 saturated carbocycles. The maximum absolute atomic E-state index is 12.6. The molecule has 5 fully saturated rings. The zero-order chi connectivity index (χ0) is 21.1. The van der Waals surface area contributed by atoms with Crippen LogP contribution in [0.3, 0.4) is 0 Å². The molecular formula is C22H28O7. The zero-order valence-corrected chi connectivity index (χ0v) is 17.5. The van der Waals surface area contributed by atoms with E-state index >= 15 is 0 Å². The Morgan fingerprint density at radius 1 is 1.34 bits per heavy atom. The van der Waals surface area contributed by atoms with Crippen molar-refractivity contribution in [2.45, 2.75) is 76.2 Å². The van der Waals surface area contributed by atoms with Crippen molar-refractivity contribution in [1.29, 1.82) is 0 Å². The van der Waals surface area contributed by atoms with Crippen LogP contribution in [0.1, 0.15) is 41.0 Å². The topological polar surface area (TPSA) is 97.9 Å². The van der Waals surface area contributed by atoms with E-state index in [1.165, 1.54) is 0 Å². The average molecular weight is 404 g/mol. The van der Waals surface area contributed by atoms with Gasteiger partial charge in [0.15, 0.2) is 0 Å². The third-order valence-corrected chi connectivity index (χ3v) is 8.79. The molecule has 0 amide bonds. The van der Waals surface area contributed by atoms with Crippen LogP contribution in [0.15, 0.2) is 23.8 Å². The minimum absolute atomic E-state index is 0.0278. The van der Waals surface area contributed by atoms with E-state index in [-0.39, 0.29) is 17.6 Å². The molecule has 0 radical (unpaired) electrons. The summed E-state index contributed by atoms with van der Waals surface area (Å²) >= 11 is 0. The third-order valence-electron chi connectivity index (χ3n) is 8.79. The molecule has 7 nitrogen and oxygen atoms in total. The first kappa shape index (κ1) is 19.3. The van der Waals surface area contributed by atoms with E-state index in [1.54, 1.807) is 19.9 Å². The quantitative estimate of drug-likeness (QED) is 0.425. The average Bonchev–Trinajstić information content (AvgIpc) is 3.57. The molecule has 0 aromatic heterocycles. The Labute approximate surface area is 170 Å². The molecule has 1 spiro atoms. The molecule has 0 aromatic carbocycles. The Hall–Kier alpha value is -1.70. The number of epoxide rings is 2. The molecule has 9 atom stereocenters. The third kappa shape index (κ3) is 1.90. The Bertz CT molecular complexity index is 872. The number of fused-ring (bicyclic) bond motifs is 6. The first-order valence-electron chi connectivity index (χ1n) is 10.3. The molecule has 0 aromatic rings. The van der Waals surface area contributed by atoms with E-state index < -0.39 is 52.3 Å². The molecule has 5 aliphatic rings. The molecule has 5 rings (SSSR count). The largest absolute Gasteiger partial charge is 0.458 e. The second kappa shape index (κ2) is 5.31. The number of carbonyl (C=O) groups is 2. The minimum atomic E-state index is -1.49. The van der Waals surface area contributed by atoms with Crippen LogP contribution in [0.2, 0.25) is 0 Å². The van der Waals surface area contributed by atoms with Gasteiger partial charge in [-0.25, -0.2) is 9.59 Å². The van der Waals surface area contributed by atoms with Gasteiger partial charge < -0.3 is 24.1 Å². The highest BCUT2D eigenvalue weighted by molar-refractivity contribution is 5.92. The number of hydrogen-bond acceptors (Lipinski definition) is 7. The lowest BCUT2D eigenvalue weighted by Crippen LogP contribution is -2.66. The van der Waals surface area contributed by atoms with Crippen LogP contribution in [-0.4, -0.2) is 58.8 Å². The summed E-state index contributed by atoms with van der Waals surface area (Å²) in [6, 6.07) is 0. The van der Waals surface area contributed by atoms with E-state index in [2.05, 4.69) is 6.58 Å². The molecule has 0 bridgehead atoms. The van der Waals surface area contributed by atoms with Gasteiger partial charge in [0.1, 0.15) is 29.0 Å². The number of ether oxygens (including phenoxy) is 4. The summed E-state index contributed by atoms with van der Waals surface area (Å²) in [4.78, 5) is 25.1. The molecule has 158 valence electrons. The van der Waals surface area contributed by atoms with Gasteiger partial charge in [-0.2, -0.15) is 0 Å². The van der Waals surface area contributed by atoms with Gasteiger partial charge in [-0.05, 0) is 26.7 Å². The van der Waals surface area contributed by atoms with Crippen molar-refractivity contribution in [3.8, 4) is 0 Å². The summed E-state index contributed by atoms with van der Waals surface area (Å²) in [5.41, 5.74) is -3.05. The minimum Gasteiger partial charge on any atom is -0.458 e. The maximum atomic E-state index is 12.6. The first-order chi connectivity index (χ1) is 13.5. The van der Waals surface area contributed by atoms with Crippen LogP contribution in [0.25, 0.3) is 0 Å². The van der Waals surface area contributed by atoms with Gasteiger partial charge in [-0.3, -0.25) is 0 Å². The van der Waals surface area contributed by atoms with Crippen molar-refractivity contribution in [2.24, 2.45) is 17.3 Å². The van der Waals surface area contributed by atoms with Gasteiger partial charge in [0.2, 0.25) is 0 Å². The molecule has 29 heavy (non-hydrogen) atoms. The van der Waals surface area contributed by atoms with E-state index in [9.17, 15) is 14.7 Å². The van der Waals surface area contributed by atoms with Crippen LogP contribution in [0.4, 0.5) is 0 Å². The zero-order valence-electron chi connectivity index (χ0n) is 17.5. The SMILES string of the molecule is C=C1C(=O)OC2C1C(OC(=O)C(C)=CC)CC1(CO1)C1(C)C(C)C3OC3(C)C21O. The summed E-state index contributed by atoms with van der Waals surface area (Å²) < 4.78 is 23.6. The molecule has 7 heteroatoms. The lowest BCUT2D eigenvalue weighted by Gasteiger charge is -2.50. The lowest BCUT2D eigenvalue weighted by molar-refractivity contribution is -0.222. The van der Waals surface area contributed by atoms with E-state index in [0.717, 1.165) is 0 Å². The van der Waals surface area contributed by atoms with Gasteiger partial charge in [0, 0.05) is 23.0 Å². The van der Waals surface area contributed by atoms with Crippen LogP contribution in [-0.2, 0) is 28.5 Å². The van der Waals surface area contributed by atoms with Crippen molar-refractivity contribution in [3.63, 3.8) is 0 Å². The first-order valence-corrected chi connectivity index (χ1v) is 10.3. The van der Waals surface area contributed by atoms with Gasteiger partial charge in [0.25, 0.3) is 0 Å². The van der Waals surface area contributed by atoms with E-state index in [1.807, 2.05) is 20.8 Å². The Balaban J connectivity index is 1.66. The van der Waals surface area contributed by atoms with E-state index in [0.29, 0.717) is 18.6 Å². The monoisotopic (exact) mass is 404 g/mol. The summed E-state index contributed by atoms with van der Waals surface area (Å²) in [5.74, 6) is -1.70. The predicted octanol–water partition coefficient (Wildman–Crippen LogP) is 1.68. The van der Waals surface area contributed by atoms with Crippen molar-refractivity contribution in [1.82, 2.24) is 0 Å². The van der Waals surface area contributed by atoms with Gasteiger partial charge >= 0.3 is 11.9 Å². The van der Waals surface area contributed by atoms with Crippen molar-refractivity contribution in [2.75, 3.05) is 6.61 Å². The van der Waals surface area contributed by atoms with Crippen molar-refractivity contribution < 1.29 is 33.6 Å². The Kier molecular flexibility index (Phi) is 3.53. The number of aliphatic hydroxyl groups is 1. The van der Waals surface area contributed by atoms with Crippen LogP contribution in [0.5, 0.6) is 0 Å². The summed E-state index contributed by atoms with van der Waals surface area (Å²) in [7, 11) is 0. The molecule has 9 unspecified atom stereocenters. The second-order valence-corrected chi connectivity index (χ2v) is 9.68. The van der Waals surface area contributed by atoms with Crippen LogP contribution < -0.4 is 0 Å². The fourth-order valence-corrected chi connectivity index (χ4v) is 6.60. The van der Waals surface area contributed by atoms with Crippen molar-refractivity contribution in [3.05, 3.63) is 23.8 Å². The van der Waals surface area contributed by atoms with Crippen LogP contribution in [0, 0.1) is 17.3 Å². The molecule has 3 heterocycles. The fraction of sp³-hybridized carbons (Fsp3) is 0.727. The molecule has 2 aliphatic carbocycles. The van der Waals surface area contributed by atoms with Crippen LogP contribution >= 0.6 is 0 Å². The number of esters is 2. The Morgan fingerprint density at radius 2 is 2.00 bits per heavy atom. The molecular weight excluding hydrogens is 376 g/mol. The number of hydrogen-bond donors (Lipinski definition) is 1. The molecule has 1 N–H and O–H groups in total. The fourth-order valence-electron chi connectivity index (χ4n) is 6.60. The Morgan fingerprint density at radius 3 is 2.59 bits per heavy atom. The highest BCUT2D eigenvalue weighted by Crippen LogP contribution is 2.76. The van der Waals surface area contributed by atoms with E-state index in [4.69, 9.17) is 18.9 Å². The lowest BCUT2D eigenvalue weighted by atomic mass is 9.59. The predicted molar refractivity (Wildman–Crippen MR) is 101 cm³/mol. The van der Waals surface area contributed by atoms with Gasteiger partial charge in [0.05, 0.1) is 18.6 Å². The number of allylic oxidation sites excluding steroid dienone is 1. The molecule has 3 aliphatic heterocycles. The standard InChI is InChI=1S/C22H28O7/c1-7-10(2)17(23)27-13-8-21(9-26-21)19(5)12(4)15-20(6,29-15)22(19,25)16-14(13)11(3)18(24)28-16/h7,12-16,25H,3,8-9H2,1-2,4-6H3. The molecule has 3 saturated heterocycles. The van der Waals surface area contributed by atoms with Gasteiger partial charge in [-0.1, -0.05) is 26.5 Å². The summed E-state index contributed by atoms with van der Waals surface area (Å²) in [6.45, 7) is 13.7. The summed E-state index contributed by atoms with van der Waals surface area (Å²) in [6.07, 6.45) is 0.304. The highest BCUT2D eigenvalue weighted by Gasteiger charge is 2.91. The summed E-state index contributed by atoms with van der Waals surface area (Å²) in [5, 5.41) is 12.3. The van der Waals surface area contributed by atoms with Gasteiger partial charge in [-0.15, -0.1) is 0 Å². The number of carbonyl (C=O) groups excluding carboxylic acids is 2.